The van der Waals surface area contributed by atoms with Gasteiger partial charge in [-0.05, 0) is 53.1 Å². The van der Waals surface area contributed by atoms with Gasteiger partial charge in [-0.2, -0.15) is 0 Å². The van der Waals surface area contributed by atoms with Crippen LogP contribution in [0.3, 0.4) is 0 Å². The molecule has 2 unspecified atom stereocenters. The summed E-state index contributed by atoms with van der Waals surface area (Å²) in [6, 6.07) is 4.38. The van der Waals surface area contributed by atoms with Crippen LogP contribution in [-0.4, -0.2) is 10.8 Å². The number of nitro groups is 1. The number of anilines is 1. The van der Waals surface area contributed by atoms with Gasteiger partial charge in [-0.3, -0.25) is 14.9 Å². The van der Waals surface area contributed by atoms with Crippen molar-refractivity contribution in [2.45, 2.75) is 19.3 Å². The summed E-state index contributed by atoms with van der Waals surface area (Å²) in [5, 5.41) is 13.5. The maximum absolute atomic E-state index is 12.1. The fourth-order valence-electron chi connectivity index (χ4n) is 2.89. The Morgan fingerprint density at radius 1 is 1.32 bits per heavy atom. The quantitative estimate of drug-likeness (QED) is 0.684. The number of nitro benzene ring substituents is 1. The molecule has 2 fully saturated rings. The highest BCUT2D eigenvalue weighted by Gasteiger charge is 2.48. The second-order valence-electron chi connectivity index (χ2n) is 5.33. The van der Waals surface area contributed by atoms with Gasteiger partial charge in [0.2, 0.25) is 5.91 Å². The monoisotopic (exact) mass is 324 g/mol. The second-order valence-corrected chi connectivity index (χ2v) is 6.19. The Morgan fingerprint density at radius 3 is 2.63 bits per heavy atom. The summed E-state index contributed by atoms with van der Waals surface area (Å²) < 4.78 is 0.662. The Hall–Kier alpha value is -1.43. The lowest BCUT2D eigenvalue weighted by molar-refractivity contribution is -0.384. The van der Waals surface area contributed by atoms with Gasteiger partial charge in [-0.25, -0.2) is 0 Å². The van der Waals surface area contributed by atoms with Crippen LogP contribution in [0, 0.1) is 27.9 Å². The molecule has 0 radical (unpaired) electrons. The van der Waals surface area contributed by atoms with Crippen molar-refractivity contribution < 1.29 is 9.72 Å². The third kappa shape index (κ3) is 2.49. The van der Waals surface area contributed by atoms with Crippen molar-refractivity contribution in [1.82, 2.24) is 0 Å². The SMILES string of the molecule is O=C(Nc1cc([N+](=O)[O-])ccc1Br)C1CC2CC2C1. The molecule has 1 amide bonds. The predicted molar refractivity (Wildman–Crippen MR) is 73.7 cm³/mol. The minimum absolute atomic E-state index is 0.0200. The number of benzene rings is 1. The van der Waals surface area contributed by atoms with Crippen molar-refractivity contribution in [1.29, 1.82) is 0 Å². The highest BCUT2D eigenvalue weighted by Crippen LogP contribution is 2.54. The lowest BCUT2D eigenvalue weighted by Gasteiger charge is -2.13. The molecule has 3 rings (SSSR count). The maximum atomic E-state index is 12.1. The van der Waals surface area contributed by atoms with E-state index in [9.17, 15) is 14.9 Å². The number of carbonyl (C=O) groups is 1. The number of hydrogen-bond donors (Lipinski definition) is 1. The van der Waals surface area contributed by atoms with Gasteiger partial charge in [0.15, 0.2) is 0 Å². The third-order valence-corrected chi connectivity index (χ3v) is 4.72. The molecule has 6 heteroatoms. The zero-order chi connectivity index (χ0) is 13.6. The molecule has 1 N–H and O–H groups in total. The van der Waals surface area contributed by atoms with Crippen LogP contribution >= 0.6 is 15.9 Å². The van der Waals surface area contributed by atoms with Crippen LogP contribution < -0.4 is 5.32 Å². The number of fused-ring (bicyclic) bond motifs is 1. The van der Waals surface area contributed by atoms with Crippen molar-refractivity contribution in [2.24, 2.45) is 17.8 Å². The van der Waals surface area contributed by atoms with Gasteiger partial charge < -0.3 is 5.32 Å². The fourth-order valence-corrected chi connectivity index (χ4v) is 3.23. The van der Waals surface area contributed by atoms with E-state index in [1.165, 1.54) is 18.6 Å². The van der Waals surface area contributed by atoms with Crippen LogP contribution in [0.5, 0.6) is 0 Å². The number of halogens is 1. The molecule has 5 nitrogen and oxygen atoms in total. The average molecular weight is 325 g/mol. The number of rotatable bonds is 3. The number of nitrogens with one attached hydrogen (secondary N) is 1. The first-order valence-electron chi connectivity index (χ1n) is 6.29. The van der Waals surface area contributed by atoms with Gasteiger partial charge in [0, 0.05) is 22.5 Å². The van der Waals surface area contributed by atoms with Gasteiger partial charge in [0.05, 0.1) is 10.6 Å². The molecule has 2 aliphatic carbocycles. The van der Waals surface area contributed by atoms with E-state index in [0.29, 0.717) is 10.2 Å². The van der Waals surface area contributed by atoms with Crippen LogP contribution in [-0.2, 0) is 4.79 Å². The number of nitrogens with zero attached hydrogens (tertiary/aromatic N) is 1. The minimum Gasteiger partial charge on any atom is -0.325 e. The van der Waals surface area contributed by atoms with E-state index in [1.807, 2.05) is 0 Å². The van der Waals surface area contributed by atoms with Gasteiger partial charge >= 0.3 is 0 Å². The molecule has 0 spiro atoms. The fraction of sp³-hybridized carbons (Fsp3) is 0.462. The molecular formula is C13H13BrN2O3. The Balaban J connectivity index is 1.73. The standard InChI is InChI=1S/C13H13BrN2O3/c14-11-2-1-10(16(18)19)6-12(11)15-13(17)9-4-7-3-8(7)5-9/h1-2,6-9H,3-5H2,(H,15,17). The topological polar surface area (TPSA) is 72.2 Å². The molecule has 0 aliphatic heterocycles. The molecule has 0 saturated heterocycles. The van der Waals surface area contributed by atoms with Crippen LogP contribution in [0.25, 0.3) is 0 Å². The molecule has 1 aromatic rings. The molecule has 0 bridgehead atoms. The van der Waals surface area contributed by atoms with Crippen molar-refractivity contribution in [3.05, 3.63) is 32.8 Å². The highest BCUT2D eigenvalue weighted by atomic mass is 79.9. The van der Waals surface area contributed by atoms with E-state index in [2.05, 4.69) is 21.2 Å². The van der Waals surface area contributed by atoms with Crippen LogP contribution in [0.4, 0.5) is 11.4 Å². The van der Waals surface area contributed by atoms with Gasteiger partial charge in [0.25, 0.3) is 5.69 Å². The molecule has 19 heavy (non-hydrogen) atoms. The first-order chi connectivity index (χ1) is 9.04. The van der Waals surface area contributed by atoms with Gasteiger partial charge in [-0.1, -0.05) is 0 Å². The average Bonchev–Trinajstić information content (AvgIpc) is 2.98. The second kappa shape index (κ2) is 4.59. The van der Waals surface area contributed by atoms with E-state index >= 15 is 0 Å². The van der Waals surface area contributed by atoms with E-state index < -0.39 is 4.92 Å². The van der Waals surface area contributed by atoms with Crippen molar-refractivity contribution in [3.63, 3.8) is 0 Å². The van der Waals surface area contributed by atoms with E-state index in [-0.39, 0.29) is 17.5 Å². The number of hydrogen-bond acceptors (Lipinski definition) is 3. The minimum atomic E-state index is -0.465. The smallest absolute Gasteiger partial charge is 0.271 e. The number of non-ortho nitro benzene ring substituents is 1. The lowest BCUT2D eigenvalue weighted by atomic mass is 10.0. The predicted octanol–water partition coefficient (Wildman–Crippen LogP) is 3.34. The lowest BCUT2D eigenvalue weighted by Crippen LogP contribution is -2.21. The number of carbonyl (C=O) groups excluding carboxylic acids is 1. The van der Waals surface area contributed by atoms with Gasteiger partial charge in [0.1, 0.15) is 0 Å². The first-order valence-corrected chi connectivity index (χ1v) is 7.08. The largest absolute Gasteiger partial charge is 0.325 e. The van der Waals surface area contributed by atoms with E-state index in [4.69, 9.17) is 0 Å². The Kier molecular flexibility index (Phi) is 3.05. The Morgan fingerprint density at radius 2 is 2.00 bits per heavy atom. The highest BCUT2D eigenvalue weighted by molar-refractivity contribution is 9.10. The first kappa shape index (κ1) is 12.6. The van der Waals surface area contributed by atoms with Crippen LogP contribution in [0.2, 0.25) is 0 Å². The molecule has 0 aromatic heterocycles. The zero-order valence-corrected chi connectivity index (χ0v) is 11.7. The molecule has 2 aliphatic rings. The molecule has 2 saturated carbocycles. The Labute approximate surface area is 118 Å². The van der Waals surface area contributed by atoms with Crippen molar-refractivity contribution in [2.75, 3.05) is 5.32 Å². The summed E-state index contributed by atoms with van der Waals surface area (Å²) in [7, 11) is 0. The summed E-state index contributed by atoms with van der Waals surface area (Å²) in [5.41, 5.74) is 0.451. The zero-order valence-electron chi connectivity index (χ0n) is 10.1. The third-order valence-electron chi connectivity index (χ3n) is 4.03. The molecule has 1 aromatic carbocycles. The number of amides is 1. The summed E-state index contributed by atoms with van der Waals surface area (Å²) in [6.07, 6.45) is 3.19. The van der Waals surface area contributed by atoms with E-state index in [0.717, 1.165) is 24.7 Å². The normalized spacial score (nSPS) is 27.7. The molecule has 2 atom stereocenters. The van der Waals surface area contributed by atoms with Gasteiger partial charge in [-0.15, -0.1) is 0 Å². The van der Waals surface area contributed by atoms with Crippen LogP contribution in [0.1, 0.15) is 19.3 Å². The van der Waals surface area contributed by atoms with Crippen molar-refractivity contribution in [3.8, 4) is 0 Å². The Bertz CT molecular complexity index is 551. The molecular weight excluding hydrogens is 312 g/mol. The molecule has 100 valence electrons. The molecule has 0 heterocycles. The maximum Gasteiger partial charge on any atom is 0.271 e. The summed E-state index contributed by atoms with van der Waals surface area (Å²) >= 11 is 3.30. The summed E-state index contributed by atoms with van der Waals surface area (Å²) in [6.45, 7) is 0. The summed E-state index contributed by atoms with van der Waals surface area (Å²) in [5.74, 6) is 1.52. The van der Waals surface area contributed by atoms with E-state index in [1.54, 1.807) is 6.07 Å². The van der Waals surface area contributed by atoms with Crippen molar-refractivity contribution >= 4 is 33.2 Å². The van der Waals surface area contributed by atoms with Crippen LogP contribution in [0.15, 0.2) is 22.7 Å². The summed E-state index contributed by atoms with van der Waals surface area (Å²) in [4.78, 5) is 22.4.